The average Bonchev–Trinajstić information content (AvgIpc) is 2.51. The van der Waals surface area contributed by atoms with Gasteiger partial charge in [-0.1, -0.05) is 6.42 Å². The lowest BCUT2D eigenvalue weighted by molar-refractivity contribution is 0.629. The lowest BCUT2D eigenvalue weighted by atomic mass is 10.2. The summed E-state index contributed by atoms with van der Waals surface area (Å²) in [6.45, 7) is 1.19. The predicted molar refractivity (Wildman–Crippen MR) is 37.1 cm³/mol. The van der Waals surface area contributed by atoms with Gasteiger partial charge in [-0.15, -0.1) is 0 Å². The molecule has 2 fully saturated rings. The minimum Gasteiger partial charge on any atom is -0.326 e. The van der Waals surface area contributed by atoms with E-state index >= 15 is 0 Å². The zero-order valence-electron chi connectivity index (χ0n) is 5.64. The molecule has 1 aliphatic heterocycles. The second kappa shape index (κ2) is 1.96. The van der Waals surface area contributed by atoms with Gasteiger partial charge in [-0.2, -0.15) is 0 Å². The molecule has 3 atom stereocenters. The molecule has 2 rings (SSSR count). The van der Waals surface area contributed by atoms with Gasteiger partial charge in [0.2, 0.25) is 0 Å². The van der Waals surface area contributed by atoms with Crippen molar-refractivity contribution in [1.29, 1.82) is 0 Å². The van der Waals surface area contributed by atoms with Crippen LogP contribution in [0.15, 0.2) is 0 Å². The summed E-state index contributed by atoms with van der Waals surface area (Å²) in [7, 11) is 0. The number of nitrogens with one attached hydrogen (secondary N) is 1. The maximum Gasteiger partial charge on any atom is 0.0265 e. The van der Waals surface area contributed by atoms with Gasteiger partial charge in [0.15, 0.2) is 0 Å². The Hall–Kier alpha value is -0.0800. The lowest BCUT2D eigenvalue weighted by Gasteiger charge is -1.97. The first-order valence-corrected chi connectivity index (χ1v) is 3.88. The third-order valence-electron chi connectivity index (χ3n) is 2.57. The molecule has 0 aromatic heterocycles. The maximum atomic E-state index is 5.78. The molecule has 2 aliphatic rings. The molecular formula is C7H14N2. The molecule has 0 radical (unpaired) electrons. The minimum atomic E-state index is 0.491. The van der Waals surface area contributed by atoms with Gasteiger partial charge in [-0.25, -0.2) is 0 Å². The summed E-state index contributed by atoms with van der Waals surface area (Å²) in [5, 5.41) is 3.44. The second-order valence-corrected chi connectivity index (χ2v) is 3.22. The van der Waals surface area contributed by atoms with E-state index in [1.165, 1.54) is 25.8 Å². The van der Waals surface area contributed by atoms with Crippen LogP contribution in [-0.2, 0) is 0 Å². The van der Waals surface area contributed by atoms with Crippen LogP contribution in [0.5, 0.6) is 0 Å². The van der Waals surface area contributed by atoms with Gasteiger partial charge in [-0.3, -0.25) is 0 Å². The van der Waals surface area contributed by atoms with Crippen molar-refractivity contribution >= 4 is 0 Å². The van der Waals surface area contributed by atoms with Crippen molar-refractivity contribution in [3.63, 3.8) is 0 Å². The van der Waals surface area contributed by atoms with Crippen LogP contribution in [0.1, 0.15) is 19.3 Å². The van der Waals surface area contributed by atoms with Gasteiger partial charge in [0.25, 0.3) is 0 Å². The number of fused-ring (bicyclic) bond motifs is 1. The summed E-state index contributed by atoms with van der Waals surface area (Å²) in [6, 6.07) is 1.18. The Morgan fingerprint density at radius 3 is 3.11 bits per heavy atom. The first-order valence-electron chi connectivity index (χ1n) is 3.88. The molecule has 0 aromatic carbocycles. The van der Waals surface area contributed by atoms with Gasteiger partial charge in [0.05, 0.1) is 0 Å². The predicted octanol–water partition coefficient (Wildman–Crippen LogP) is 0.0856. The van der Waals surface area contributed by atoms with Crippen molar-refractivity contribution < 1.29 is 0 Å². The van der Waals surface area contributed by atoms with Crippen LogP contribution in [0.25, 0.3) is 0 Å². The van der Waals surface area contributed by atoms with Crippen LogP contribution in [-0.4, -0.2) is 18.6 Å². The summed E-state index contributed by atoms with van der Waals surface area (Å²) in [4.78, 5) is 0. The SMILES string of the molecule is NC1C2CCCCNC12. The molecule has 0 bridgehead atoms. The molecule has 1 aliphatic carbocycles. The van der Waals surface area contributed by atoms with Crippen LogP contribution in [0.4, 0.5) is 0 Å². The first-order chi connectivity index (χ1) is 4.39. The topological polar surface area (TPSA) is 38.0 Å². The van der Waals surface area contributed by atoms with E-state index in [0.29, 0.717) is 12.1 Å². The zero-order chi connectivity index (χ0) is 6.27. The van der Waals surface area contributed by atoms with Crippen molar-refractivity contribution in [2.24, 2.45) is 11.7 Å². The van der Waals surface area contributed by atoms with Crippen LogP contribution >= 0.6 is 0 Å². The third kappa shape index (κ3) is 0.864. The Balaban J connectivity index is 1.93. The van der Waals surface area contributed by atoms with E-state index in [2.05, 4.69) is 5.32 Å². The smallest absolute Gasteiger partial charge is 0.0265 e. The molecule has 0 amide bonds. The fourth-order valence-corrected chi connectivity index (χ4v) is 1.83. The Morgan fingerprint density at radius 2 is 2.22 bits per heavy atom. The monoisotopic (exact) mass is 126 g/mol. The Morgan fingerprint density at radius 1 is 1.33 bits per heavy atom. The molecule has 52 valence electrons. The van der Waals surface area contributed by atoms with E-state index in [1.54, 1.807) is 0 Å². The normalized spacial score (nSPS) is 49.7. The highest BCUT2D eigenvalue weighted by Crippen LogP contribution is 2.35. The van der Waals surface area contributed by atoms with Crippen LogP contribution in [0.3, 0.4) is 0 Å². The summed E-state index contributed by atoms with van der Waals surface area (Å²) >= 11 is 0. The zero-order valence-corrected chi connectivity index (χ0v) is 5.64. The van der Waals surface area contributed by atoms with E-state index in [-0.39, 0.29) is 0 Å². The second-order valence-electron chi connectivity index (χ2n) is 3.22. The highest BCUT2D eigenvalue weighted by atomic mass is 15.0. The van der Waals surface area contributed by atoms with Crippen LogP contribution in [0, 0.1) is 5.92 Å². The lowest BCUT2D eigenvalue weighted by Crippen LogP contribution is -2.23. The largest absolute Gasteiger partial charge is 0.326 e. The van der Waals surface area contributed by atoms with E-state index in [9.17, 15) is 0 Å². The van der Waals surface area contributed by atoms with Crippen molar-refractivity contribution in [2.45, 2.75) is 31.3 Å². The number of nitrogens with two attached hydrogens (primary N) is 1. The third-order valence-corrected chi connectivity index (χ3v) is 2.57. The average molecular weight is 126 g/mol. The number of hydrogen-bond donors (Lipinski definition) is 2. The molecule has 2 nitrogen and oxygen atoms in total. The standard InChI is InChI=1S/C7H14N2/c8-6-5-3-1-2-4-9-7(5)6/h5-7,9H,1-4,8H2. The van der Waals surface area contributed by atoms with E-state index < -0.39 is 0 Å². The molecule has 9 heavy (non-hydrogen) atoms. The fraction of sp³-hybridized carbons (Fsp3) is 1.00. The highest BCUT2D eigenvalue weighted by molar-refractivity contribution is 5.07. The molecule has 0 spiro atoms. The molecule has 3 unspecified atom stereocenters. The van der Waals surface area contributed by atoms with E-state index in [0.717, 1.165) is 5.92 Å². The molecule has 1 saturated carbocycles. The van der Waals surface area contributed by atoms with Crippen LogP contribution in [0.2, 0.25) is 0 Å². The summed E-state index contributed by atoms with van der Waals surface area (Å²) < 4.78 is 0. The molecule has 2 heteroatoms. The van der Waals surface area contributed by atoms with Gasteiger partial charge < -0.3 is 11.1 Å². The first kappa shape index (κ1) is 5.69. The summed E-state index contributed by atoms with van der Waals surface area (Å²) in [5.41, 5.74) is 5.78. The fourth-order valence-electron chi connectivity index (χ4n) is 1.83. The molecule has 1 heterocycles. The Kier molecular flexibility index (Phi) is 1.24. The summed E-state index contributed by atoms with van der Waals surface area (Å²) in [6.07, 6.45) is 4.08. The van der Waals surface area contributed by atoms with E-state index in [4.69, 9.17) is 5.73 Å². The van der Waals surface area contributed by atoms with Crippen molar-refractivity contribution in [1.82, 2.24) is 5.32 Å². The summed E-state index contributed by atoms with van der Waals surface area (Å²) in [5.74, 6) is 0.826. The molecule has 3 N–H and O–H groups in total. The molecular weight excluding hydrogens is 112 g/mol. The quantitative estimate of drug-likeness (QED) is 0.482. The number of hydrogen-bond acceptors (Lipinski definition) is 2. The van der Waals surface area contributed by atoms with Gasteiger partial charge in [0.1, 0.15) is 0 Å². The van der Waals surface area contributed by atoms with Crippen LogP contribution < -0.4 is 11.1 Å². The maximum absolute atomic E-state index is 5.78. The van der Waals surface area contributed by atoms with E-state index in [1.807, 2.05) is 0 Å². The highest BCUT2D eigenvalue weighted by Gasteiger charge is 2.46. The van der Waals surface area contributed by atoms with Gasteiger partial charge in [-0.05, 0) is 25.3 Å². The Bertz CT molecular complexity index is 101. The number of rotatable bonds is 0. The molecule has 1 saturated heterocycles. The minimum absolute atomic E-state index is 0.491. The van der Waals surface area contributed by atoms with Gasteiger partial charge in [0, 0.05) is 12.1 Å². The van der Waals surface area contributed by atoms with Crippen molar-refractivity contribution in [3.05, 3.63) is 0 Å². The van der Waals surface area contributed by atoms with Gasteiger partial charge >= 0.3 is 0 Å². The molecule has 0 aromatic rings. The Labute approximate surface area is 55.8 Å². The van der Waals surface area contributed by atoms with Crippen molar-refractivity contribution in [2.75, 3.05) is 6.54 Å². The van der Waals surface area contributed by atoms with Crippen molar-refractivity contribution in [3.8, 4) is 0 Å².